The van der Waals surface area contributed by atoms with Crippen molar-refractivity contribution < 1.29 is 9.50 Å². The van der Waals surface area contributed by atoms with Crippen molar-refractivity contribution in [3.8, 4) is 0 Å². The lowest BCUT2D eigenvalue weighted by Crippen LogP contribution is -2.02. The van der Waals surface area contributed by atoms with Crippen LogP contribution in [-0.2, 0) is 7.05 Å². The van der Waals surface area contributed by atoms with E-state index in [0.717, 1.165) is 0 Å². The maximum atomic E-state index is 13.9. The van der Waals surface area contributed by atoms with Gasteiger partial charge in [-0.25, -0.2) is 4.39 Å². The second kappa shape index (κ2) is 4.76. The minimum absolute atomic E-state index is 0.0366. The molecule has 3 nitrogen and oxygen atoms in total. The number of hydrogen-bond acceptors (Lipinski definition) is 2. The highest BCUT2D eigenvalue weighted by Gasteiger charge is 2.19. The first-order valence-electron chi connectivity index (χ1n) is 4.80. The quantitative estimate of drug-likeness (QED) is 0.864. The SMILES string of the molecule is Cn1cc(C(O)c2ccc(Br)c(Cl)c2F)cn1. The Bertz CT molecular complexity index is 558. The Kier molecular flexibility index (Phi) is 3.51. The fourth-order valence-corrected chi connectivity index (χ4v) is 1.99. The zero-order valence-corrected chi connectivity index (χ0v) is 11.2. The highest BCUT2D eigenvalue weighted by atomic mass is 79.9. The number of halogens is 3. The smallest absolute Gasteiger partial charge is 0.149 e. The number of aliphatic hydroxyl groups excluding tert-OH is 1. The topological polar surface area (TPSA) is 38.0 Å². The summed E-state index contributed by atoms with van der Waals surface area (Å²) in [5.74, 6) is -0.627. The van der Waals surface area contributed by atoms with Crippen LogP contribution in [0.2, 0.25) is 5.02 Å². The van der Waals surface area contributed by atoms with Crippen molar-refractivity contribution in [3.63, 3.8) is 0 Å². The van der Waals surface area contributed by atoms with E-state index >= 15 is 0 Å². The number of aromatic nitrogens is 2. The average Bonchev–Trinajstić information content (AvgIpc) is 2.72. The molecule has 0 spiro atoms. The zero-order valence-electron chi connectivity index (χ0n) is 8.86. The second-order valence-electron chi connectivity index (χ2n) is 3.61. The van der Waals surface area contributed by atoms with Crippen LogP contribution < -0.4 is 0 Å². The van der Waals surface area contributed by atoms with Crippen molar-refractivity contribution in [2.45, 2.75) is 6.10 Å². The van der Waals surface area contributed by atoms with Gasteiger partial charge in [0, 0.05) is 28.8 Å². The molecule has 2 rings (SSSR count). The van der Waals surface area contributed by atoms with E-state index in [9.17, 15) is 9.50 Å². The van der Waals surface area contributed by atoms with Gasteiger partial charge in [-0.15, -0.1) is 0 Å². The van der Waals surface area contributed by atoms with Crippen LogP contribution in [0.25, 0.3) is 0 Å². The van der Waals surface area contributed by atoms with Crippen LogP contribution >= 0.6 is 27.5 Å². The van der Waals surface area contributed by atoms with Crippen LogP contribution in [-0.4, -0.2) is 14.9 Å². The van der Waals surface area contributed by atoms with Gasteiger partial charge in [-0.05, 0) is 22.0 Å². The van der Waals surface area contributed by atoms with Gasteiger partial charge in [-0.1, -0.05) is 17.7 Å². The lowest BCUT2D eigenvalue weighted by atomic mass is 10.0. The van der Waals surface area contributed by atoms with Gasteiger partial charge in [0.15, 0.2) is 0 Å². The molecule has 0 radical (unpaired) electrons. The minimum Gasteiger partial charge on any atom is -0.383 e. The molecule has 1 N–H and O–H groups in total. The van der Waals surface area contributed by atoms with Crippen LogP contribution in [0.5, 0.6) is 0 Å². The fourth-order valence-electron chi connectivity index (χ4n) is 1.51. The van der Waals surface area contributed by atoms with E-state index in [2.05, 4.69) is 21.0 Å². The average molecular weight is 320 g/mol. The molecular formula is C11H9BrClFN2O. The van der Waals surface area contributed by atoms with Crippen molar-refractivity contribution in [2.75, 3.05) is 0 Å². The van der Waals surface area contributed by atoms with E-state index in [4.69, 9.17) is 11.6 Å². The number of nitrogens with zero attached hydrogens (tertiary/aromatic N) is 2. The largest absolute Gasteiger partial charge is 0.383 e. The summed E-state index contributed by atoms with van der Waals surface area (Å²) in [5.41, 5.74) is 0.649. The molecule has 0 aliphatic carbocycles. The number of aliphatic hydroxyl groups is 1. The molecule has 1 aromatic carbocycles. The van der Waals surface area contributed by atoms with Crippen molar-refractivity contribution >= 4 is 27.5 Å². The first kappa shape index (κ1) is 12.5. The van der Waals surface area contributed by atoms with Gasteiger partial charge in [0.25, 0.3) is 0 Å². The van der Waals surface area contributed by atoms with E-state index in [-0.39, 0.29) is 10.6 Å². The summed E-state index contributed by atoms with van der Waals surface area (Å²) in [7, 11) is 1.72. The van der Waals surface area contributed by atoms with Crippen molar-refractivity contribution in [2.24, 2.45) is 7.05 Å². The van der Waals surface area contributed by atoms with Gasteiger partial charge in [0.05, 0.1) is 11.2 Å². The molecule has 0 amide bonds. The Hall–Kier alpha value is -0.910. The Labute approximate surface area is 111 Å². The lowest BCUT2D eigenvalue weighted by Gasteiger charge is -2.11. The highest BCUT2D eigenvalue weighted by molar-refractivity contribution is 9.10. The zero-order chi connectivity index (χ0) is 12.6. The van der Waals surface area contributed by atoms with Gasteiger partial charge in [-0.2, -0.15) is 5.10 Å². The highest BCUT2D eigenvalue weighted by Crippen LogP contribution is 2.32. The first-order valence-corrected chi connectivity index (χ1v) is 5.98. The summed E-state index contributed by atoms with van der Waals surface area (Å²) in [6.45, 7) is 0. The van der Waals surface area contributed by atoms with Crippen LogP contribution in [0.3, 0.4) is 0 Å². The fraction of sp³-hybridized carbons (Fsp3) is 0.182. The predicted octanol–water partition coefficient (Wildman–Crippen LogP) is 3.06. The Morgan fingerprint density at radius 2 is 2.24 bits per heavy atom. The monoisotopic (exact) mass is 318 g/mol. The Morgan fingerprint density at radius 3 is 2.82 bits per heavy atom. The molecule has 1 heterocycles. The van der Waals surface area contributed by atoms with Crippen LogP contribution in [0, 0.1) is 5.82 Å². The standard InChI is InChI=1S/C11H9BrClFN2O/c1-16-5-6(4-15-16)11(17)7-2-3-8(12)9(13)10(7)14/h2-5,11,17H,1H3. The van der Waals surface area contributed by atoms with Gasteiger partial charge in [-0.3, -0.25) is 4.68 Å². The molecule has 0 saturated carbocycles. The third-order valence-corrected chi connectivity index (χ3v) is 3.66. The molecule has 6 heteroatoms. The van der Waals surface area contributed by atoms with Crippen molar-refractivity contribution in [1.29, 1.82) is 0 Å². The van der Waals surface area contributed by atoms with Crippen LogP contribution in [0.15, 0.2) is 29.0 Å². The summed E-state index contributed by atoms with van der Waals surface area (Å²) >= 11 is 8.89. The maximum Gasteiger partial charge on any atom is 0.149 e. The second-order valence-corrected chi connectivity index (χ2v) is 4.85. The Morgan fingerprint density at radius 1 is 1.53 bits per heavy atom. The molecule has 1 atom stereocenters. The lowest BCUT2D eigenvalue weighted by molar-refractivity contribution is 0.215. The summed E-state index contributed by atoms with van der Waals surface area (Å²) in [6, 6.07) is 3.09. The van der Waals surface area contributed by atoms with E-state index in [0.29, 0.717) is 10.0 Å². The maximum absolute atomic E-state index is 13.9. The summed E-state index contributed by atoms with van der Waals surface area (Å²) in [5, 5.41) is 13.9. The van der Waals surface area contributed by atoms with E-state index in [1.54, 1.807) is 19.3 Å². The van der Waals surface area contributed by atoms with Gasteiger partial charge in [0.1, 0.15) is 11.9 Å². The first-order chi connectivity index (χ1) is 8.00. The molecule has 0 aliphatic rings. The number of benzene rings is 1. The predicted molar refractivity (Wildman–Crippen MR) is 66.4 cm³/mol. The molecule has 1 aromatic heterocycles. The number of aryl methyl sites for hydroxylation is 1. The van der Waals surface area contributed by atoms with E-state index < -0.39 is 11.9 Å². The minimum atomic E-state index is -1.07. The number of hydrogen-bond donors (Lipinski definition) is 1. The van der Waals surface area contributed by atoms with Gasteiger partial charge >= 0.3 is 0 Å². The number of rotatable bonds is 2. The molecule has 2 aromatic rings. The molecule has 0 bridgehead atoms. The summed E-state index contributed by atoms with van der Waals surface area (Å²) in [4.78, 5) is 0. The van der Waals surface area contributed by atoms with Crippen LogP contribution in [0.4, 0.5) is 4.39 Å². The van der Waals surface area contributed by atoms with Crippen LogP contribution in [0.1, 0.15) is 17.2 Å². The molecule has 0 aliphatic heterocycles. The van der Waals surface area contributed by atoms with E-state index in [1.165, 1.54) is 16.9 Å². The summed E-state index contributed by atoms with van der Waals surface area (Å²) < 4.78 is 15.9. The Balaban J connectivity index is 2.44. The summed E-state index contributed by atoms with van der Waals surface area (Å²) in [6.07, 6.45) is 2.04. The molecule has 0 fully saturated rings. The third kappa shape index (κ3) is 2.36. The van der Waals surface area contributed by atoms with Gasteiger partial charge in [0.2, 0.25) is 0 Å². The van der Waals surface area contributed by atoms with E-state index in [1.807, 2.05) is 0 Å². The normalized spacial score (nSPS) is 12.8. The van der Waals surface area contributed by atoms with Gasteiger partial charge < -0.3 is 5.11 Å². The third-order valence-electron chi connectivity index (χ3n) is 2.40. The molecular weight excluding hydrogens is 310 g/mol. The molecule has 90 valence electrons. The van der Waals surface area contributed by atoms with Crippen molar-refractivity contribution in [1.82, 2.24) is 9.78 Å². The van der Waals surface area contributed by atoms with Crippen molar-refractivity contribution in [3.05, 3.63) is 51.0 Å². The molecule has 17 heavy (non-hydrogen) atoms. The molecule has 1 unspecified atom stereocenters. The molecule has 0 saturated heterocycles.